The maximum atomic E-state index is 13.7. The highest BCUT2D eigenvalue weighted by molar-refractivity contribution is 7.89. The molecule has 4 rings (SSSR count). The van der Waals surface area contributed by atoms with Crippen molar-refractivity contribution in [3.8, 4) is 0 Å². The molecule has 184 valence electrons. The van der Waals surface area contributed by atoms with Gasteiger partial charge in [0.1, 0.15) is 5.82 Å². The summed E-state index contributed by atoms with van der Waals surface area (Å²) in [6.45, 7) is 0.224. The summed E-state index contributed by atoms with van der Waals surface area (Å²) in [4.78, 5) is 14.4. The highest BCUT2D eigenvalue weighted by Gasteiger charge is 2.28. The lowest BCUT2D eigenvalue weighted by molar-refractivity contribution is -0.122. The Hall–Kier alpha value is -3.23. The van der Waals surface area contributed by atoms with E-state index < -0.39 is 15.8 Å². The molecule has 0 unspecified atom stereocenters. The van der Waals surface area contributed by atoms with E-state index in [1.54, 1.807) is 0 Å². The van der Waals surface area contributed by atoms with Crippen molar-refractivity contribution in [3.63, 3.8) is 0 Å². The lowest BCUT2D eigenvalue weighted by atomic mass is 9.85. The van der Waals surface area contributed by atoms with Crippen molar-refractivity contribution in [3.05, 3.63) is 89.7 Å². The first-order valence-electron chi connectivity index (χ1n) is 11.6. The Balaban J connectivity index is 1.69. The summed E-state index contributed by atoms with van der Waals surface area (Å²) in [5.74, 6) is -0.455. The molecule has 0 heterocycles. The van der Waals surface area contributed by atoms with E-state index in [-0.39, 0.29) is 29.8 Å². The highest BCUT2D eigenvalue weighted by atomic mass is 32.2. The molecule has 6 nitrogen and oxygen atoms in total. The molecule has 8 heteroatoms. The minimum atomic E-state index is -3.94. The Labute approximate surface area is 206 Å². The summed E-state index contributed by atoms with van der Waals surface area (Å²) in [6, 6.07) is 19.8. The van der Waals surface area contributed by atoms with Crippen LogP contribution >= 0.6 is 0 Å². The first kappa shape index (κ1) is 24.9. The van der Waals surface area contributed by atoms with Crippen LogP contribution in [-0.2, 0) is 27.9 Å². The Bertz CT molecular complexity index is 1270. The van der Waals surface area contributed by atoms with Gasteiger partial charge in [-0.25, -0.2) is 12.8 Å². The molecule has 1 saturated carbocycles. The largest absolute Gasteiger partial charge is 0.377 e. The molecular weight excluding hydrogens is 465 g/mol. The molecule has 0 aromatic heterocycles. The average molecular weight is 496 g/mol. The number of rotatable bonds is 9. The Kier molecular flexibility index (Phi) is 7.52. The van der Waals surface area contributed by atoms with Gasteiger partial charge >= 0.3 is 0 Å². The Morgan fingerprint density at radius 2 is 1.66 bits per heavy atom. The van der Waals surface area contributed by atoms with E-state index in [2.05, 4.69) is 5.32 Å². The molecule has 1 N–H and O–H groups in total. The van der Waals surface area contributed by atoms with Crippen LogP contribution in [0.4, 0.5) is 15.8 Å². The molecule has 3 aromatic rings. The number of amides is 1. The van der Waals surface area contributed by atoms with Gasteiger partial charge in [-0.1, -0.05) is 36.8 Å². The number of hydrogen-bond donors (Lipinski definition) is 1. The summed E-state index contributed by atoms with van der Waals surface area (Å²) in [5, 5.41) is 2.98. The molecule has 0 atom stereocenters. The Morgan fingerprint density at radius 1 is 0.971 bits per heavy atom. The fourth-order valence-electron chi connectivity index (χ4n) is 4.10. The topological polar surface area (TPSA) is 69.7 Å². The number of nitrogens with one attached hydrogen (secondary N) is 1. The van der Waals surface area contributed by atoms with Crippen LogP contribution in [0.25, 0.3) is 0 Å². The lowest BCUT2D eigenvalue weighted by Gasteiger charge is -2.27. The van der Waals surface area contributed by atoms with Crippen LogP contribution in [0.2, 0.25) is 0 Å². The summed E-state index contributed by atoms with van der Waals surface area (Å²) in [6.07, 6.45) is 2.86. The van der Waals surface area contributed by atoms with E-state index in [0.717, 1.165) is 48.2 Å². The quantitative estimate of drug-likeness (QED) is 0.453. The molecule has 0 bridgehead atoms. The van der Waals surface area contributed by atoms with Crippen molar-refractivity contribution in [1.82, 2.24) is 4.31 Å². The predicted octanol–water partition coefficient (Wildman–Crippen LogP) is 5.02. The third kappa shape index (κ3) is 5.89. The fourth-order valence-corrected chi connectivity index (χ4v) is 5.51. The maximum absolute atomic E-state index is 13.7. The molecule has 0 aliphatic heterocycles. The number of sulfonamides is 1. The van der Waals surface area contributed by atoms with Gasteiger partial charge in [0.05, 0.1) is 4.90 Å². The van der Waals surface area contributed by atoms with E-state index in [0.29, 0.717) is 5.69 Å². The summed E-state index contributed by atoms with van der Waals surface area (Å²) in [5.41, 5.74) is 3.07. The fraction of sp³-hybridized carbons (Fsp3) is 0.296. The standard InChI is InChI=1S/C27H30FN3O3S/c1-30(2)26-16-13-24(29-27(32)21-9-6-10-21)17-22(26)19-31(18-20-7-4-3-5-8-20)35(33,34)25-14-11-23(28)12-15-25/h3-5,7-8,11-17,21H,6,9-10,18-19H2,1-2H3,(H,29,32). The van der Waals surface area contributed by atoms with E-state index in [9.17, 15) is 17.6 Å². The summed E-state index contributed by atoms with van der Waals surface area (Å²) >= 11 is 0. The summed E-state index contributed by atoms with van der Waals surface area (Å²) < 4.78 is 42.2. The van der Waals surface area contributed by atoms with Crippen LogP contribution in [0.1, 0.15) is 30.4 Å². The van der Waals surface area contributed by atoms with E-state index in [1.807, 2.05) is 67.5 Å². The van der Waals surface area contributed by atoms with E-state index in [4.69, 9.17) is 0 Å². The SMILES string of the molecule is CN(C)c1ccc(NC(=O)C2CCC2)cc1CN(Cc1ccccc1)S(=O)(=O)c1ccc(F)cc1. The molecule has 0 spiro atoms. The minimum Gasteiger partial charge on any atom is -0.377 e. The molecule has 0 radical (unpaired) electrons. The van der Waals surface area contributed by atoms with Gasteiger partial charge < -0.3 is 10.2 Å². The number of carbonyl (C=O) groups is 1. The lowest BCUT2D eigenvalue weighted by Crippen LogP contribution is -2.31. The zero-order valence-corrected chi connectivity index (χ0v) is 20.8. The van der Waals surface area contributed by atoms with Crippen LogP contribution in [0.5, 0.6) is 0 Å². The monoisotopic (exact) mass is 495 g/mol. The predicted molar refractivity (Wildman–Crippen MR) is 136 cm³/mol. The molecular formula is C27H30FN3O3S. The van der Waals surface area contributed by atoms with Crippen molar-refractivity contribution in [2.24, 2.45) is 5.92 Å². The van der Waals surface area contributed by atoms with Gasteiger partial charge in [-0.15, -0.1) is 0 Å². The van der Waals surface area contributed by atoms with Crippen LogP contribution < -0.4 is 10.2 Å². The second-order valence-corrected chi connectivity index (χ2v) is 11.0. The first-order chi connectivity index (χ1) is 16.7. The molecule has 1 aliphatic rings. The molecule has 1 amide bonds. The van der Waals surface area contributed by atoms with Gasteiger partial charge in [0.15, 0.2) is 0 Å². The molecule has 3 aromatic carbocycles. The van der Waals surface area contributed by atoms with Crippen LogP contribution in [-0.4, -0.2) is 32.7 Å². The average Bonchev–Trinajstić information content (AvgIpc) is 2.78. The number of benzene rings is 3. The van der Waals surface area contributed by atoms with Gasteiger partial charge in [0.25, 0.3) is 0 Å². The third-order valence-electron chi connectivity index (χ3n) is 6.30. The van der Waals surface area contributed by atoms with Gasteiger partial charge in [0.2, 0.25) is 15.9 Å². The first-order valence-corrected chi connectivity index (χ1v) is 13.1. The normalized spacial score (nSPS) is 13.9. The van der Waals surface area contributed by atoms with Gasteiger partial charge in [0, 0.05) is 44.5 Å². The summed E-state index contributed by atoms with van der Waals surface area (Å²) in [7, 11) is -0.159. The number of halogens is 1. The van der Waals surface area contributed by atoms with E-state index >= 15 is 0 Å². The van der Waals surface area contributed by atoms with Gasteiger partial charge in [-0.3, -0.25) is 4.79 Å². The molecule has 1 fully saturated rings. The van der Waals surface area contributed by atoms with Crippen molar-refractivity contribution >= 4 is 27.3 Å². The van der Waals surface area contributed by atoms with Crippen molar-refractivity contribution in [1.29, 1.82) is 0 Å². The van der Waals surface area contributed by atoms with Gasteiger partial charge in [-0.05, 0) is 66.4 Å². The van der Waals surface area contributed by atoms with Crippen molar-refractivity contribution in [2.45, 2.75) is 37.2 Å². The maximum Gasteiger partial charge on any atom is 0.243 e. The number of anilines is 2. The van der Waals surface area contributed by atoms with Crippen LogP contribution in [0, 0.1) is 11.7 Å². The minimum absolute atomic E-state index is 0.000113. The third-order valence-corrected chi connectivity index (χ3v) is 8.11. The zero-order chi connectivity index (χ0) is 25.0. The smallest absolute Gasteiger partial charge is 0.243 e. The molecule has 1 aliphatic carbocycles. The Morgan fingerprint density at radius 3 is 2.26 bits per heavy atom. The van der Waals surface area contributed by atoms with Crippen molar-refractivity contribution < 1.29 is 17.6 Å². The number of nitrogens with zero attached hydrogens (tertiary/aromatic N) is 2. The van der Waals surface area contributed by atoms with E-state index in [1.165, 1.54) is 16.4 Å². The van der Waals surface area contributed by atoms with Crippen molar-refractivity contribution in [2.75, 3.05) is 24.3 Å². The highest BCUT2D eigenvalue weighted by Crippen LogP contribution is 2.31. The molecule has 0 saturated heterocycles. The zero-order valence-electron chi connectivity index (χ0n) is 19.9. The molecule has 35 heavy (non-hydrogen) atoms. The second kappa shape index (κ2) is 10.6. The number of carbonyl (C=O) groups excluding carboxylic acids is 1. The van der Waals surface area contributed by atoms with Gasteiger partial charge in [-0.2, -0.15) is 4.31 Å². The van der Waals surface area contributed by atoms with Crippen LogP contribution in [0.15, 0.2) is 77.7 Å². The second-order valence-electron chi connectivity index (χ2n) is 9.07. The van der Waals surface area contributed by atoms with Crippen LogP contribution in [0.3, 0.4) is 0 Å². The number of hydrogen-bond acceptors (Lipinski definition) is 4.